The van der Waals surface area contributed by atoms with Crippen LogP contribution >= 0.6 is 0 Å². The molecule has 2 N–H and O–H groups in total. The van der Waals surface area contributed by atoms with Crippen molar-refractivity contribution in [1.29, 1.82) is 0 Å². The molecule has 0 spiro atoms. The number of rotatable bonds is 5. The van der Waals surface area contributed by atoms with Crippen LogP contribution in [0.25, 0.3) is 0 Å². The molecule has 1 aromatic rings. The lowest BCUT2D eigenvalue weighted by Gasteiger charge is -2.34. The van der Waals surface area contributed by atoms with Gasteiger partial charge in [-0.15, -0.1) is 0 Å². The Morgan fingerprint density at radius 3 is 2.30 bits per heavy atom. The molecule has 9 nitrogen and oxygen atoms in total. The number of benzene rings is 1. The number of hydrogen-bond acceptors (Lipinski definition) is 6. The molecular weight excluding hydrogens is 372 g/mol. The van der Waals surface area contributed by atoms with E-state index in [2.05, 4.69) is 0 Å². The average molecular weight is 396 g/mol. The van der Waals surface area contributed by atoms with Gasteiger partial charge in [-0.3, -0.25) is 14.9 Å². The number of non-ortho nitro benzene ring substituents is 1. The normalized spacial score (nSPS) is 24.1. The molecule has 2 atom stereocenters. The highest BCUT2D eigenvalue weighted by Crippen LogP contribution is 2.28. The molecule has 0 aromatic heterocycles. The number of nitrogens with two attached hydrogens (primary N) is 1. The second kappa shape index (κ2) is 7.91. The summed E-state index contributed by atoms with van der Waals surface area (Å²) in [4.78, 5) is 24.3. The van der Waals surface area contributed by atoms with E-state index < -0.39 is 14.9 Å². The fraction of sp³-hybridized carbons (Fsp3) is 0.588. The van der Waals surface area contributed by atoms with Gasteiger partial charge in [0.1, 0.15) is 0 Å². The number of carbonyl (C=O) groups excluding carboxylic acids is 1. The molecule has 27 heavy (non-hydrogen) atoms. The lowest BCUT2D eigenvalue weighted by atomic mass is 9.99. The zero-order chi connectivity index (χ0) is 19.6. The van der Waals surface area contributed by atoms with Gasteiger partial charge >= 0.3 is 0 Å². The van der Waals surface area contributed by atoms with Crippen LogP contribution in [0.2, 0.25) is 0 Å². The van der Waals surface area contributed by atoms with Crippen molar-refractivity contribution in [3.8, 4) is 0 Å². The first-order valence-electron chi connectivity index (χ1n) is 9.07. The summed E-state index contributed by atoms with van der Waals surface area (Å²) in [6, 6.07) is 4.92. The molecule has 3 rings (SSSR count). The molecule has 0 radical (unpaired) electrons. The van der Waals surface area contributed by atoms with Crippen LogP contribution in [-0.2, 0) is 14.8 Å². The van der Waals surface area contributed by atoms with Gasteiger partial charge in [0.05, 0.1) is 9.82 Å². The predicted molar refractivity (Wildman–Crippen MR) is 98.4 cm³/mol. The SMILES string of the molecule is N[C@@H]1CCC[C@H]1CC(=O)N1CCN(S(=O)(=O)c2ccc([N+](=O)[O-])cc2)CC1. The van der Waals surface area contributed by atoms with E-state index >= 15 is 0 Å². The summed E-state index contributed by atoms with van der Waals surface area (Å²) in [6.07, 6.45) is 3.41. The minimum atomic E-state index is -3.73. The maximum Gasteiger partial charge on any atom is 0.269 e. The van der Waals surface area contributed by atoms with Gasteiger partial charge < -0.3 is 10.6 Å². The van der Waals surface area contributed by atoms with E-state index in [0.29, 0.717) is 19.5 Å². The largest absolute Gasteiger partial charge is 0.340 e. The molecule has 1 aliphatic heterocycles. The number of amides is 1. The smallest absolute Gasteiger partial charge is 0.269 e. The van der Waals surface area contributed by atoms with E-state index in [1.807, 2.05) is 0 Å². The van der Waals surface area contributed by atoms with Gasteiger partial charge in [0.15, 0.2) is 0 Å². The Balaban J connectivity index is 1.59. The summed E-state index contributed by atoms with van der Waals surface area (Å²) in [7, 11) is -3.73. The number of nitro groups is 1. The molecule has 148 valence electrons. The van der Waals surface area contributed by atoms with Crippen molar-refractivity contribution in [3.63, 3.8) is 0 Å². The number of piperazine rings is 1. The Labute approximate surface area is 158 Å². The fourth-order valence-corrected chi connectivity index (χ4v) is 5.16. The highest BCUT2D eigenvalue weighted by atomic mass is 32.2. The summed E-state index contributed by atoms with van der Waals surface area (Å²) < 4.78 is 26.7. The Morgan fingerprint density at radius 2 is 1.78 bits per heavy atom. The first kappa shape index (κ1) is 19.7. The first-order chi connectivity index (χ1) is 12.8. The Kier molecular flexibility index (Phi) is 5.78. The average Bonchev–Trinajstić information content (AvgIpc) is 3.06. The summed E-state index contributed by atoms with van der Waals surface area (Å²) in [5, 5.41) is 10.7. The highest BCUT2D eigenvalue weighted by Gasteiger charge is 2.32. The van der Waals surface area contributed by atoms with Crippen LogP contribution in [0.1, 0.15) is 25.7 Å². The van der Waals surface area contributed by atoms with Crippen LogP contribution < -0.4 is 5.73 Å². The lowest BCUT2D eigenvalue weighted by Crippen LogP contribution is -2.51. The van der Waals surface area contributed by atoms with Gasteiger partial charge in [0, 0.05) is 50.8 Å². The minimum Gasteiger partial charge on any atom is -0.340 e. The van der Waals surface area contributed by atoms with Crippen molar-refractivity contribution in [1.82, 2.24) is 9.21 Å². The molecule has 1 saturated heterocycles. The Bertz CT molecular complexity index is 803. The molecule has 10 heteroatoms. The van der Waals surface area contributed by atoms with Crippen molar-refractivity contribution < 1.29 is 18.1 Å². The standard InChI is InChI=1S/C17H24N4O5S/c18-16-3-1-2-13(16)12-17(22)19-8-10-20(11-9-19)27(25,26)15-6-4-14(5-7-15)21(23)24/h4-7,13,16H,1-3,8-12,18H2/t13-,16+/m0/s1. The molecule has 1 amide bonds. The molecule has 0 bridgehead atoms. The molecule has 1 heterocycles. The third-order valence-corrected chi connectivity index (χ3v) is 7.34. The Morgan fingerprint density at radius 1 is 1.15 bits per heavy atom. The van der Waals surface area contributed by atoms with Crippen molar-refractivity contribution >= 4 is 21.6 Å². The van der Waals surface area contributed by atoms with Crippen molar-refractivity contribution in [2.75, 3.05) is 26.2 Å². The predicted octanol–water partition coefficient (Wildman–Crippen LogP) is 0.945. The number of carbonyl (C=O) groups is 1. The maximum absolute atomic E-state index is 12.7. The van der Waals surface area contributed by atoms with Gasteiger partial charge in [0.25, 0.3) is 5.69 Å². The molecule has 1 aromatic carbocycles. The van der Waals surface area contributed by atoms with E-state index in [0.717, 1.165) is 19.3 Å². The second-order valence-corrected chi connectivity index (χ2v) is 9.03. The zero-order valence-corrected chi connectivity index (χ0v) is 15.8. The van der Waals surface area contributed by atoms with Crippen LogP contribution in [0.5, 0.6) is 0 Å². The molecule has 2 aliphatic rings. The minimum absolute atomic E-state index is 0.0183. The van der Waals surface area contributed by atoms with E-state index in [9.17, 15) is 23.3 Å². The van der Waals surface area contributed by atoms with E-state index in [1.165, 1.54) is 28.6 Å². The second-order valence-electron chi connectivity index (χ2n) is 7.09. The zero-order valence-electron chi connectivity index (χ0n) is 15.0. The summed E-state index contributed by atoms with van der Waals surface area (Å²) in [5.74, 6) is 0.254. The number of nitro benzene ring substituents is 1. The van der Waals surface area contributed by atoms with Gasteiger partial charge in [-0.25, -0.2) is 8.42 Å². The maximum atomic E-state index is 12.7. The molecule has 2 fully saturated rings. The first-order valence-corrected chi connectivity index (χ1v) is 10.5. The van der Waals surface area contributed by atoms with Gasteiger partial charge in [-0.2, -0.15) is 4.31 Å². The van der Waals surface area contributed by atoms with Crippen molar-refractivity contribution in [2.24, 2.45) is 11.7 Å². The number of sulfonamides is 1. The monoisotopic (exact) mass is 396 g/mol. The van der Waals surface area contributed by atoms with E-state index in [-0.39, 0.29) is 41.5 Å². The molecular formula is C17H24N4O5S. The van der Waals surface area contributed by atoms with Gasteiger partial charge in [-0.05, 0) is 30.9 Å². The molecule has 0 unspecified atom stereocenters. The third kappa shape index (κ3) is 4.28. The van der Waals surface area contributed by atoms with Crippen LogP contribution in [0, 0.1) is 16.0 Å². The van der Waals surface area contributed by atoms with Crippen molar-refractivity contribution in [3.05, 3.63) is 34.4 Å². The number of nitrogens with zero attached hydrogens (tertiary/aromatic N) is 3. The van der Waals surface area contributed by atoms with Crippen LogP contribution in [0.3, 0.4) is 0 Å². The summed E-state index contributed by atoms with van der Waals surface area (Å²) in [6.45, 7) is 1.10. The van der Waals surface area contributed by atoms with Crippen molar-refractivity contribution in [2.45, 2.75) is 36.6 Å². The van der Waals surface area contributed by atoms with Crippen LogP contribution in [-0.4, -0.2) is 60.7 Å². The topological polar surface area (TPSA) is 127 Å². The quantitative estimate of drug-likeness (QED) is 0.583. The highest BCUT2D eigenvalue weighted by molar-refractivity contribution is 7.89. The Hall–Kier alpha value is -2.04. The van der Waals surface area contributed by atoms with Gasteiger partial charge in [-0.1, -0.05) is 6.42 Å². The van der Waals surface area contributed by atoms with E-state index in [4.69, 9.17) is 5.73 Å². The van der Waals surface area contributed by atoms with Gasteiger partial charge in [0.2, 0.25) is 15.9 Å². The summed E-state index contributed by atoms with van der Waals surface area (Å²) >= 11 is 0. The fourth-order valence-electron chi connectivity index (χ4n) is 3.74. The van der Waals surface area contributed by atoms with E-state index in [1.54, 1.807) is 4.90 Å². The third-order valence-electron chi connectivity index (χ3n) is 5.43. The van der Waals surface area contributed by atoms with Crippen LogP contribution in [0.4, 0.5) is 5.69 Å². The molecule has 1 saturated carbocycles. The summed E-state index contributed by atoms with van der Waals surface area (Å²) in [5.41, 5.74) is 5.87. The van der Waals surface area contributed by atoms with Crippen LogP contribution in [0.15, 0.2) is 29.2 Å². The number of hydrogen-bond donors (Lipinski definition) is 1. The molecule has 1 aliphatic carbocycles. The lowest BCUT2D eigenvalue weighted by molar-refractivity contribution is -0.384.